The van der Waals surface area contributed by atoms with Gasteiger partial charge in [-0.15, -0.1) is 0 Å². The van der Waals surface area contributed by atoms with Gasteiger partial charge in [0.1, 0.15) is 0 Å². The van der Waals surface area contributed by atoms with Gasteiger partial charge in [-0.25, -0.2) is 13.6 Å². The molecule has 0 spiro atoms. The molecule has 0 radical (unpaired) electrons. The summed E-state index contributed by atoms with van der Waals surface area (Å²) in [6.45, 7) is -0.353. The first-order chi connectivity index (χ1) is 5.71. The Hall–Kier alpha value is -0.340. The van der Waals surface area contributed by atoms with Crippen LogP contribution in [0.15, 0.2) is 0 Å². The van der Waals surface area contributed by atoms with E-state index in [0.29, 0.717) is 0 Å². The van der Waals surface area contributed by atoms with Crippen molar-refractivity contribution in [2.45, 2.75) is 12.6 Å². The molecule has 0 aromatic carbocycles. The lowest BCUT2D eigenvalue weighted by atomic mass is 10.4. The van der Waals surface area contributed by atoms with Crippen molar-refractivity contribution in [3.8, 4) is 0 Å². The molecule has 0 heterocycles. The second kappa shape index (κ2) is 4.77. The van der Waals surface area contributed by atoms with E-state index in [4.69, 9.17) is 0 Å². The van der Waals surface area contributed by atoms with Gasteiger partial charge in [0.15, 0.2) is 0 Å². The van der Waals surface area contributed by atoms with Crippen molar-refractivity contribution >= 4 is 10.0 Å². The first-order valence-corrected chi connectivity index (χ1v) is 5.20. The predicted molar refractivity (Wildman–Crippen MR) is 41.5 cm³/mol. The maximum Gasteiger partial charge on any atom is 0.390 e. The number of primary sulfonamides is 1. The van der Waals surface area contributed by atoms with Crippen LogP contribution >= 0.6 is 0 Å². The van der Waals surface area contributed by atoms with Gasteiger partial charge in [0.2, 0.25) is 10.0 Å². The smallest absolute Gasteiger partial charge is 0.315 e. The molecule has 4 nitrogen and oxygen atoms in total. The molecule has 0 aromatic heterocycles. The zero-order valence-electron chi connectivity index (χ0n) is 6.76. The minimum atomic E-state index is -4.21. The molecule has 0 atom stereocenters. The number of sulfonamides is 1. The standard InChI is InChI=1S/C5H11F3N2O2S/c6-5(7,8)1-2-10-3-4-13(9,11)12/h10H,1-4H2,(H2,9,11,12). The minimum absolute atomic E-state index is 0.0606. The molecular weight excluding hydrogens is 209 g/mol. The summed E-state index contributed by atoms with van der Waals surface area (Å²) in [5, 5.41) is 6.93. The molecule has 0 aromatic rings. The third-order valence-corrected chi connectivity index (χ3v) is 1.92. The molecule has 0 rings (SSSR count). The fourth-order valence-corrected chi connectivity index (χ4v) is 0.998. The molecule has 0 saturated carbocycles. The van der Waals surface area contributed by atoms with Gasteiger partial charge >= 0.3 is 6.18 Å². The van der Waals surface area contributed by atoms with Crippen molar-refractivity contribution in [2.24, 2.45) is 5.14 Å². The maximum absolute atomic E-state index is 11.5. The maximum atomic E-state index is 11.5. The topological polar surface area (TPSA) is 72.2 Å². The summed E-state index contributed by atoms with van der Waals surface area (Å²) < 4.78 is 55.2. The molecule has 0 aliphatic carbocycles. The van der Waals surface area contributed by atoms with Crippen LogP contribution in [0.25, 0.3) is 0 Å². The average molecular weight is 220 g/mol. The number of hydrogen-bond acceptors (Lipinski definition) is 3. The lowest BCUT2D eigenvalue weighted by Crippen LogP contribution is -2.29. The first kappa shape index (κ1) is 12.7. The SMILES string of the molecule is NS(=O)(=O)CCNCCC(F)(F)F. The number of rotatable bonds is 5. The Morgan fingerprint density at radius 2 is 1.77 bits per heavy atom. The molecular formula is C5H11F3N2O2S. The molecule has 0 aliphatic rings. The molecule has 8 heteroatoms. The first-order valence-electron chi connectivity index (χ1n) is 3.49. The van der Waals surface area contributed by atoms with Gasteiger partial charge < -0.3 is 5.32 Å². The number of nitrogens with one attached hydrogen (secondary N) is 1. The van der Waals surface area contributed by atoms with Crippen LogP contribution < -0.4 is 10.5 Å². The van der Waals surface area contributed by atoms with E-state index in [1.165, 1.54) is 0 Å². The van der Waals surface area contributed by atoms with Gasteiger partial charge in [0.05, 0.1) is 12.2 Å². The van der Waals surface area contributed by atoms with Crippen LogP contribution in [0.3, 0.4) is 0 Å². The van der Waals surface area contributed by atoms with Crippen molar-refractivity contribution < 1.29 is 21.6 Å². The Morgan fingerprint density at radius 1 is 1.23 bits per heavy atom. The highest BCUT2D eigenvalue weighted by Crippen LogP contribution is 2.17. The Bertz CT molecular complexity index is 237. The second-order valence-electron chi connectivity index (χ2n) is 2.48. The lowest BCUT2D eigenvalue weighted by molar-refractivity contribution is -0.133. The van der Waals surface area contributed by atoms with Crippen LogP contribution in [0.4, 0.5) is 13.2 Å². The van der Waals surface area contributed by atoms with Gasteiger partial charge in [0.25, 0.3) is 0 Å². The number of nitrogens with two attached hydrogens (primary N) is 1. The molecule has 3 N–H and O–H groups in total. The van der Waals surface area contributed by atoms with E-state index in [2.05, 4.69) is 10.5 Å². The van der Waals surface area contributed by atoms with Crippen LogP contribution in [-0.2, 0) is 10.0 Å². The van der Waals surface area contributed by atoms with Crippen molar-refractivity contribution in [1.29, 1.82) is 0 Å². The zero-order valence-corrected chi connectivity index (χ0v) is 7.58. The van der Waals surface area contributed by atoms with E-state index in [-0.39, 0.29) is 18.8 Å². The Kier molecular flexibility index (Phi) is 4.65. The van der Waals surface area contributed by atoms with Crippen LogP contribution in [0, 0.1) is 0 Å². The summed E-state index contributed by atoms with van der Waals surface area (Å²) in [6.07, 6.45) is -5.19. The number of hydrogen-bond donors (Lipinski definition) is 2. The third kappa shape index (κ3) is 11.7. The largest absolute Gasteiger partial charge is 0.390 e. The zero-order chi connectivity index (χ0) is 10.5. The Balaban J connectivity index is 3.39. The van der Waals surface area contributed by atoms with Crippen LogP contribution in [-0.4, -0.2) is 33.4 Å². The van der Waals surface area contributed by atoms with Crippen LogP contribution in [0.2, 0.25) is 0 Å². The number of halogens is 3. The summed E-state index contributed by atoms with van der Waals surface area (Å²) in [7, 11) is -3.58. The van der Waals surface area contributed by atoms with Crippen molar-refractivity contribution in [1.82, 2.24) is 5.32 Å². The summed E-state index contributed by atoms with van der Waals surface area (Å²) in [5.74, 6) is -0.356. The fraction of sp³-hybridized carbons (Fsp3) is 1.00. The van der Waals surface area contributed by atoms with Gasteiger partial charge in [-0.2, -0.15) is 13.2 Å². The highest BCUT2D eigenvalue weighted by molar-refractivity contribution is 7.89. The summed E-state index contributed by atoms with van der Waals surface area (Å²) in [6, 6.07) is 0. The van der Waals surface area contributed by atoms with Crippen molar-refractivity contribution in [2.75, 3.05) is 18.8 Å². The van der Waals surface area contributed by atoms with E-state index < -0.39 is 22.6 Å². The summed E-state index contributed by atoms with van der Waals surface area (Å²) in [4.78, 5) is 0. The number of alkyl halides is 3. The second-order valence-corrected chi connectivity index (χ2v) is 4.22. The van der Waals surface area contributed by atoms with Crippen molar-refractivity contribution in [3.05, 3.63) is 0 Å². The highest BCUT2D eigenvalue weighted by Gasteiger charge is 2.25. The molecule has 80 valence electrons. The predicted octanol–water partition coefficient (Wildman–Crippen LogP) is -0.183. The van der Waals surface area contributed by atoms with Gasteiger partial charge in [-0.05, 0) is 0 Å². The molecule has 0 aliphatic heterocycles. The summed E-state index contributed by atoms with van der Waals surface area (Å²) in [5.41, 5.74) is 0. The quantitative estimate of drug-likeness (QED) is 0.631. The molecule has 0 bridgehead atoms. The molecule has 13 heavy (non-hydrogen) atoms. The molecule has 0 saturated heterocycles. The van der Waals surface area contributed by atoms with Gasteiger partial charge in [-0.3, -0.25) is 0 Å². The van der Waals surface area contributed by atoms with Crippen LogP contribution in [0.1, 0.15) is 6.42 Å². The van der Waals surface area contributed by atoms with E-state index in [1.54, 1.807) is 0 Å². The minimum Gasteiger partial charge on any atom is -0.315 e. The van der Waals surface area contributed by atoms with Gasteiger partial charge in [-0.1, -0.05) is 0 Å². The summed E-state index contributed by atoms with van der Waals surface area (Å²) >= 11 is 0. The van der Waals surface area contributed by atoms with E-state index >= 15 is 0 Å². The van der Waals surface area contributed by atoms with Crippen LogP contribution in [0.5, 0.6) is 0 Å². The van der Waals surface area contributed by atoms with E-state index in [0.717, 1.165) is 0 Å². The third-order valence-electron chi connectivity index (χ3n) is 1.15. The highest BCUT2D eigenvalue weighted by atomic mass is 32.2. The average Bonchev–Trinajstić information content (AvgIpc) is 1.81. The van der Waals surface area contributed by atoms with Crippen molar-refractivity contribution in [3.63, 3.8) is 0 Å². The molecule has 0 fully saturated rings. The fourth-order valence-electron chi connectivity index (χ4n) is 0.570. The molecule has 0 amide bonds. The van der Waals surface area contributed by atoms with E-state index in [9.17, 15) is 21.6 Å². The Morgan fingerprint density at radius 3 is 2.15 bits per heavy atom. The normalized spacial score (nSPS) is 13.2. The monoisotopic (exact) mass is 220 g/mol. The molecule has 0 unspecified atom stereocenters. The van der Waals surface area contributed by atoms with E-state index in [1.807, 2.05) is 0 Å². The Labute approximate surface area is 74.3 Å². The lowest BCUT2D eigenvalue weighted by Gasteiger charge is -2.06. The van der Waals surface area contributed by atoms with Gasteiger partial charge in [0, 0.05) is 13.1 Å².